The van der Waals surface area contributed by atoms with Crippen LogP contribution in [0.15, 0.2) is 42.7 Å². The second-order valence-electron chi connectivity index (χ2n) is 4.04. The number of carbonyl (C=O) groups is 1. The second kappa shape index (κ2) is 6.20. The van der Waals surface area contributed by atoms with Crippen molar-refractivity contribution >= 4 is 23.2 Å². The van der Waals surface area contributed by atoms with Crippen molar-refractivity contribution in [2.75, 3.05) is 11.9 Å². The molecule has 1 aromatic carbocycles. The van der Waals surface area contributed by atoms with Crippen LogP contribution in [0.4, 0.5) is 5.69 Å². The first-order valence-corrected chi connectivity index (χ1v) is 6.11. The number of hydrogen-bond acceptors (Lipinski definition) is 3. The number of aryl methyl sites for hydroxylation is 1. The molecule has 0 unspecified atom stereocenters. The lowest BCUT2D eigenvalue weighted by molar-refractivity contribution is -0.118. The summed E-state index contributed by atoms with van der Waals surface area (Å²) < 4.78 is 5.33. The molecule has 1 N–H and O–H groups in total. The number of nitrogens with one attached hydrogen (secondary N) is 1. The standard InChI is InChI=1S/C14H13ClN2O2/c1-10-6-12(8-16-7-10)17-14(18)9-19-13-4-2-11(15)3-5-13/h2-8H,9H2,1H3,(H,17,18). The highest BCUT2D eigenvalue weighted by molar-refractivity contribution is 6.30. The number of ether oxygens (including phenoxy) is 1. The van der Waals surface area contributed by atoms with E-state index in [2.05, 4.69) is 10.3 Å². The Bertz CT molecular complexity index is 570. The van der Waals surface area contributed by atoms with Gasteiger partial charge < -0.3 is 10.1 Å². The molecule has 1 aromatic heterocycles. The highest BCUT2D eigenvalue weighted by Crippen LogP contribution is 2.15. The maximum atomic E-state index is 11.7. The van der Waals surface area contributed by atoms with E-state index in [0.717, 1.165) is 5.56 Å². The second-order valence-corrected chi connectivity index (χ2v) is 4.48. The number of rotatable bonds is 4. The van der Waals surface area contributed by atoms with E-state index in [1.54, 1.807) is 36.7 Å². The third-order valence-electron chi connectivity index (χ3n) is 2.34. The number of anilines is 1. The molecular weight excluding hydrogens is 264 g/mol. The van der Waals surface area contributed by atoms with Crippen molar-refractivity contribution in [1.29, 1.82) is 0 Å². The molecule has 0 atom stereocenters. The Hall–Kier alpha value is -2.07. The molecule has 0 saturated heterocycles. The first-order chi connectivity index (χ1) is 9.13. The Morgan fingerprint density at radius 1 is 1.32 bits per heavy atom. The van der Waals surface area contributed by atoms with Crippen molar-refractivity contribution in [3.63, 3.8) is 0 Å². The molecule has 98 valence electrons. The Morgan fingerprint density at radius 2 is 2.05 bits per heavy atom. The molecular formula is C14H13ClN2O2. The van der Waals surface area contributed by atoms with Gasteiger partial charge in [0.1, 0.15) is 5.75 Å². The van der Waals surface area contributed by atoms with Gasteiger partial charge in [-0.2, -0.15) is 0 Å². The minimum absolute atomic E-state index is 0.0599. The van der Waals surface area contributed by atoms with Crippen LogP contribution in [0.3, 0.4) is 0 Å². The van der Waals surface area contributed by atoms with Crippen molar-refractivity contribution in [1.82, 2.24) is 4.98 Å². The summed E-state index contributed by atoms with van der Waals surface area (Å²) in [6, 6.07) is 8.68. The van der Waals surface area contributed by atoms with Crippen LogP contribution in [-0.2, 0) is 4.79 Å². The van der Waals surface area contributed by atoms with E-state index >= 15 is 0 Å². The predicted molar refractivity (Wildman–Crippen MR) is 74.6 cm³/mol. The maximum Gasteiger partial charge on any atom is 0.262 e. The monoisotopic (exact) mass is 276 g/mol. The Balaban J connectivity index is 1.86. The summed E-state index contributed by atoms with van der Waals surface area (Å²) >= 11 is 5.75. The summed E-state index contributed by atoms with van der Waals surface area (Å²) in [6.45, 7) is 1.85. The lowest BCUT2D eigenvalue weighted by Crippen LogP contribution is -2.20. The van der Waals surface area contributed by atoms with Gasteiger partial charge in [-0.25, -0.2) is 0 Å². The van der Waals surface area contributed by atoms with Crippen molar-refractivity contribution < 1.29 is 9.53 Å². The minimum atomic E-state index is -0.234. The van der Waals surface area contributed by atoms with Gasteiger partial charge in [-0.05, 0) is 42.8 Å². The Kier molecular flexibility index (Phi) is 4.36. The summed E-state index contributed by atoms with van der Waals surface area (Å²) in [5.74, 6) is 0.365. The van der Waals surface area contributed by atoms with E-state index in [-0.39, 0.29) is 12.5 Å². The number of benzene rings is 1. The molecule has 2 rings (SSSR count). The summed E-state index contributed by atoms with van der Waals surface area (Å²) in [6.07, 6.45) is 3.31. The van der Waals surface area contributed by atoms with Crippen LogP contribution in [0.1, 0.15) is 5.56 Å². The van der Waals surface area contributed by atoms with Crippen LogP contribution in [0.5, 0.6) is 5.75 Å². The Labute approximate surface area is 116 Å². The summed E-state index contributed by atoms with van der Waals surface area (Å²) in [7, 11) is 0. The summed E-state index contributed by atoms with van der Waals surface area (Å²) in [5.41, 5.74) is 1.64. The molecule has 5 heteroatoms. The highest BCUT2D eigenvalue weighted by atomic mass is 35.5. The average molecular weight is 277 g/mol. The number of halogens is 1. The Morgan fingerprint density at radius 3 is 2.74 bits per heavy atom. The lowest BCUT2D eigenvalue weighted by Gasteiger charge is -2.07. The number of carbonyl (C=O) groups excluding carboxylic acids is 1. The van der Waals surface area contributed by atoms with Gasteiger partial charge >= 0.3 is 0 Å². The number of aromatic nitrogens is 1. The molecule has 0 spiro atoms. The number of hydrogen-bond donors (Lipinski definition) is 1. The van der Waals surface area contributed by atoms with Crippen molar-refractivity contribution in [3.8, 4) is 5.75 Å². The van der Waals surface area contributed by atoms with Gasteiger partial charge in [0.2, 0.25) is 0 Å². The number of nitrogens with zero attached hydrogens (tertiary/aromatic N) is 1. The molecule has 0 radical (unpaired) electrons. The van der Waals surface area contributed by atoms with Crippen LogP contribution in [0, 0.1) is 6.92 Å². The predicted octanol–water partition coefficient (Wildman–Crippen LogP) is 3.06. The van der Waals surface area contributed by atoms with E-state index in [9.17, 15) is 4.79 Å². The maximum absolute atomic E-state index is 11.7. The van der Waals surface area contributed by atoms with Gasteiger partial charge in [0, 0.05) is 11.2 Å². The topological polar surface area (TPSA) is 51.2 Å². The zero-order valence-corrected chi connectivity index (χ0v) is 11.1. The SMILES string of the molecule is Cc1cncc(NC(=O)COc2ccc(Cl)cc2)c1. The molecule has 0 aliphatic carbocycles. The molecule has 0 saturated carbocycles. The average Bonchev–Trinajstić information content (AvgIpc) is 2.38. The van der Waals surface area contributed by atoms with Gasteiger partial charge in [0.15, 0.2) is 6.61 Å². The van der Waals surface area contributed by atoms with Gasteiger partial charge in [-0.1, -0.05) is 11.6 Å². The third kappa shape index (κ3) is 4.26. The van der Waals surface area contributed by atoms with Crippen LogP contribution in [0.25, 0.3) is 0 Å². The third-order valence-corrected chi connectivity index (χ3v) is 2.59. The minimum Gasteiger partial charge on any atom is -0.484 e. The van der Waals surface area contributed by atoms with E-state index in [4.69, 9.17) is 16.3 Å². The largest absolute Gasteiger partial charge is 0.484 e. The van der Waals surface area contributed by atoms with E-state index in [1.165, 1.54) is 0 Å². The summed E-state index contributed by atoms with van der Waals surface area (Å²) in [4.78, 5) is 15.7. The van der Waals surface area contributed by atoms with Gasteiger partial charge in [0.25, 0.3) is 5.91 Å². The smallest absolute Gasteiger partial charge is 0.262 e. The molecule has 0 bridgehead atoms. The fraction of sp³-hybridized carbons (Fsp3) is 0.143. The first-order valence-electron chi connectivity index (χ1n) is 5.73. The van der Waals surface area contributed by atoms with Crippen molar-refractivity contribution in [3.05, 3.63) is 53.3 Å². The zero-order valence-electron chi connectivity index (χ0n) is 10.4. The lowest BCUT2D eigenvalue weighted by atomic mass is 10.3. The molecule has 1 heterocycles. The van der Waals surface area contributed by atoms with Crippen LogP contribution < -0.4 is 10.1 Å². The molecule has 2 aromatic rings. The van der Waals surface area contributed by atoms with Crippen LogP contribution >= 0.6 is 11.6 Å². The van der Waals surface area contributed by atoms with Crippen LogP contribution in [-0.4, -0.2) is 17.5 Å². The number of amides is 1. The zero-order chi connectivity index (χ0) is 13.7. The van der Waals surface area contributed by atoms with Gasteiger partial charge in [-0.15, -0.1) is 0 Å². The molecule has 1 amide bonds. The van der Waals surface area contributed by atoms with Gasteiger partial charge in [-0.3, -0.25) is 9.78 Å². The molecule has 4 nitrogen and oxygen atoms in total. The molecule has 19 heavy (non-hydrogen) atoms. The van der Waals surface area contributed by atoms with Crippen LogP contribution in [0.2, 0.25) is 5.02 Å². The fourth-order valence-electron chi connectivity index (χ4n) is 1.50. The molecule has 0 aliphatic heterocycles. The quantitative estimate of drug-likeness (QED) is 0.934. The summed E-state index contributed by atoms with van der Waals surface area (Å²) in [5, 5.41) is 3.34. The van der Waals surface area contributed by atoms with E-state index in [1.807, 2.05) is 13.0 Å². The van der Waals surface area contributed by atoms with Crippen molar-refractivity contribution in [2.45, 2.75) is 6.92 Å². The van der Waals surface area contributed by atoms with E-state index in [0.29, 0.717) is 16.5 Å². The van der Waals surface area contributed by atoms with Gasteiger partial charge in [0.05, 0.1) is 11.9 Å². The highest BCUT2D eigenvalue weighted by Gasteiger charge is 2.04. The normalized spacial score (nSPS) is 10.0. The van der Waals surface area contributed by atoms with Crippen molar-refractivity contribution in [2.24, 2.45) is 0 Å². The fourth-order valence-corrected chi connectivity index (χ4v) is 1.63. The molecule has 0 fully saturated rings. The first kappa shape index (κ1) is 13.4. The van der Waals surface area contributed by atoms with E-state index < -0.39 is 0 Å². The molecule has 0 aliphatic rings. The number of pyridine rings is 1.